The quantitative estimate of drug-likeness (QED) is 0.461. The highest BCUT2D eigenvalue weighted by molar-refractivity contribution is 7.89. The number of carbonyl (C=O) groups excluding carboxylic acids is 2. The summed E-state index contributed by atoms with van der Waals surface area (Å²) in [6.07, 6.45) is 2.99. The van der Waals surface area contributed by atoms with Gasteiger partial charge < -0.3 is 5.32 Å². The fraction of sp³-hybridized carbons (Fsp3) is 0.292. The highest BCUT2D eigenvalue weighted by Crippen LogP contribution is 2.37. The van der Waals surface area contributed by atoms with Gasteiger partial charge in [-0.05, 0) is 62.4 Å². The summed E-state index contributed by atoms with van der Waals surface area (Å²) < 4.78 is 22.7. The van der Waals surface area contributed by atoms with Crippen molar-refractivity contribution in [3.63, 3.8) is 0 Å². The lowest BCUT2D eigenvalue weighted by Crippen LogP contribution is -2.32. The second-order valence-corrected chi connectivity index (χ2v) is 11.0. The number of hydrogen-bond donors (Lipinski definition) is 3. The van der Waals surface area contributed by atoms with E-state index in [4.69, 9.17) is 5.14 Å². The van der Waals surface area contributed by atoms with E-state index >= 15 is 0 Å². The minimum Gasteiger partial charge on any atom is -0.355 e. The van der Waals surface area contributed by atoms with Crippen LogP contribution < -0.4 is 15.8 Å². The Bertz CT molecular complexity index is 1300. The molecule has 10 heteroatoms. The number of hydrogen-bond acceptors (Lipinski definition) is 6. The molecular weight excluding hydrogens is 472 g/mol. The second-order valence-electron chi connectivity index (χ2n) is 8.32. The van der Waals surface area contributed by atoms with E-state index in [0.717, 1.165) is 34.5 Å². The third kappa shape index (κ3) is 5.69. The topological polar surface area (TPSA) is 131 Å². The molecule has 4 rings (SSSR count). The van der Waals surface area contributed by atoms with E-state index in [9.17, 15) is 18.0 Å². The first-order valence-electron chi connectivity index (χ1n) is 11.0. The number of fused-ring (bicyclic) bond motifs is 1. The van der Waals surface area contributed by atoms with Crippen molar-refractivity contribution in [2.24, 2.45) is 5.14 Å². The molecule has 1 aromatic heterocycles. The number of benzene rings is 2. The van der Waals surface area contributed by atoms with Crippen LogP contribution in [0.3, 0.4) is 0 Å². The van der Waals surface area contributed by atoms with Crippen LogP contribution in [0.2, 0.25) is 0 Å². The number of aromatic nitrogens is 1. The van der Waals surface area contributed by atoms with Crippen LogP contribution in [0, 0.1) is 6.92 Å². The zero-order valence-corrected chi connectivity index (χ0v) is 20.3. The zero-order valence-electron chi connectivity index (χ0n) is 18.7. The van der Waals surface area contributed by atoms with E-state index in [1.165, 1.54) is 23.5 Å². The third-order valence-corrected chi connectivity index (χ3v) is 7.75. The van der Waals surface area contributed by atoms with E-state index in [0.29, 0.717) is 30.1 Å². The molecule has 1 atom stereocenters. The Morgan fingerprint density at radius 3 is 2.50 bits per heavy atom. The van der Waals surface area contributed by atoms with Crippen molar-refractivity contribution in [1.29, 1.82) is 0 Å². The second kappa shape index (κ2) is 10.0. The number of nitrogens with two attached hydrogens (primary N) is 1. The molecule has 0 spiro atoms. The number of aryl methyl sites for hydroxylation is 2. The van der Waals surface area contributed by atoms with E-state index in [1.807, 2.05) is 19.1 Å². The first-order valence-corrected chi connectivity index (χ1v) is 13.3. The van der Waals surface area contributed by atoms with Crippen LogP contribution in [0.25, 0.3) is 0 Å². The molecule has 1 heterocycles. The Balaban J connectivity index is 1.36. The molecule has 0 aliphatic heterocycles. The lowest BCUT2D eigenvalue weighted by molar-refractivity contribution is -0.122. The molecule has 1 aliphatic carbocycles. The largest absolute Gasteiger partial charge is 0.355 e. The lowest BCUT2D eigenvalue weighted by Gasteiger charge is -2.20. The number of thiazole rings is 1. The first-order chi connectivity index (χ1) is 16.2. The molecule has 0 saturated carbocycles. The molecule has 178 valence electrons. The number of nitrogens with zero attached hydrogens (tertiary/aromatic N) is 1. The van der Waals surface area contributed by atoms with E-state index in [-0.39, 0.29) is 22.6 Å². The zero-order chi connectivity index (χ0) is 24.3. The number of carbonyl (C=O) groups is 2. The molecule has 34 heavy (non-hydrogen) atoms. The van der Waals surface area contributed by atoms with Gasteiger partial charge in [-0.3, -0.25) is 14.9 Å². The number of nitrogens with one attached hydrogen (secondary N) is 2. The number of anilines is 1. The Labute approximate surface area is 202 Å². The number of primary sulfonamides is 1. The smallest absolute Gasteiger partial charge is 0.257 e. The van der Waals surface area contributed by atoms with E-state index < -0.39 is 10.0 Å². The maximum absolute atomic E-state index is 12.9. The van der Waals surface area contributed by atoms with Gasteiger partial charge in [0.15, 0.2) is 5.13 Å². The minimum atomic E-state index is -3.72. The van der Waals surface area contributed by atoms with Crippen LogP contribution in [0.1, 0.15) is 50.8 Å². The fourth-order valence-corrected chi connectivity index (χ4v) is 5.48. The normalized spacial score (nSPS) is 15.4. The van der Waals surface area contributed by atoms with Crippen molar-refractivity contribution >= 4 is 38.3 Å². The van der Waals surface area contributed by atoms with Crippen molar-refractivity contribution in [2.45, 2.75) is 43.4 Å². The van der Waals surface area contributed by atoms with E-state index in [2.05, 4.69) is 15.6 Å². The molecule has 1 unspecified atom stereocenters. The Kier molecular flexibility index (Phi) is 7.11. The molecule has 0 bridgehead atoms. The monoisotopic (exact) mass is 498 g/mol. The lowest BCUT2D eigenvalue weighted by atomic mass is 9.90. The standard InChI is InChI=1S/C24H26N4O4S2/c1-15-5-9-17(10-6-15)22(29)28-24-27-21-19(3-2-4-20(21)33-24)23(30)26-14-13-16-7-11-18(12-8-16)34(25,31)32/h5-12,19H,2-4,13-14H2,1H3,(H,26,30)(H2,25,31,32)(H,27,28,29). The Morgan fingerprint density at radius 1 is 1.12 bits per heavy atom. The summed E-state index contributed by atoms with van der Waals surface area (Å²) >= 11 is 1.42. The SMILES string of the molecule is Cc1ccc(C(=O)Nc2nc3c(s2)CCCC3C(=O)NCCc2ccc(S(N)(=O)=O)cc2)cc1. The molecule has 1 aliphatic rings. The minimum absolute atomic E-state index is 0.0591. The maximum Gasteiger partial charge on any atom is 0.257 e. The average molecular weight is 499 g/mol. The van der Waals surface area contributed by atoms with Gasteiger partial charge in [-0.15, -0.1) is 11.3 Å². The number of amides is 2. The van der Waals surface area contributed by atoms with Crippen molar-refractivity contribution in [3.8, 4) is 0 Å². The highest BCUT2D eigenvalue weighted by atomic mass is 32.2. The Morgan fingerprint density at radius 2 is 1.82 bits per heavy atom. The van der Waals surface area contributed by atoms with Crippen LogP contribution in [0.4, 0.5) is 5.13 Å². The molecule has 3 aromatic rings. The molecule has 2 aromatic carbocycles. The van der Waals surface area contributed by atoms with Crippen LogP contribution in [0.5, 0.6) is 0 Å². The van der Waals surface area contributed by atoms with Gasteiger partial charge in [0.1, 0.15) is 0 Å². The summed E-state index contributed by atoms with van der Waals surface area (Å²) in [6, 6.07) is 13.6. The summed E-state index contributed by atoms with van der Waals surface area (Å²) in [7, 11) is -3.72. The summed E-state index contributed by atoms with van der Waals surface area (Å²) in [5.74, 6) is -0.667. The van der Waals surface area contributed by atoms with Gasteiger partial charge in [0.25, 0.3) is 5.91 Å². The van der Waals surface area contributed by atoms with Gasteiger partial charge >= 0.3 is 0 Å². The van der Waals surface area contributed by atoms with Crippen LogP contribution >= 0.6 is 11.3 Å². The van der Waals surface area contributed by atoms with Crippen molar-refractivity contribution in [2.75, 3.05) is 11.9 Å². The fourth-order valence-electron chi connectivity index (χ4n) is 3.90. The Hall–Kier alpha value is -3.08. The summed E-state index contributed by atoms with van der Waals surface area (Å²) in [6.45, 7) is 2.38. The predicted molar refractivity (Wildman–Crippen MR) is 131 cm³/mol. The van der Waals surface area contributed by atoms with Crippen LogP contribution in [-0.2, 0) is 27.7 Å². The first kappa shape index (κ1) is 24.1. The average Bonchev–Trinajstić information content (AvgIpc) is 3.21. The number of sulfonamides is 1. The predicted octanol–water partition coefficient (Wildman–Crippen LogP) is 3.13. The van der Waals surface area contributed by atoms with Gasteiger partial charge in [0.2, 0.25) is 15.9 Å². The van der Waals surface area contributed by atoms with Crippen LogP contribution in [0.15, 0.2) is 53.4 Å². The molecule has 4 N–H and O–H groups in total. The van der Waals surface area contributed by atoms with Crippen molar-refractivity contribution in [3.05, 3.63) is 75.8 Å². The summed E-state index contributed by atoms with van der Waals surface area (Å²) in [5.41, 5.74) is 3.28. The summed E-state index contributed by atoms with van der Waals surface area (Å²) in [5, 5.41) is 11.4. The van der Waals surface area contributed by atoms with Gasteiger partial charge in [0.05, 0.1) is 16.5 Å². The molecule has 0 radical (unpaired) electrons. The van der Waals surface area contributed by atoms with Gasteiger partial charge in [-0.25, -0.2) is 18.5 Å². The molecule has 0 fully saturated rings. The third-order valence-electron chi connectivity index (χ3n) is 5.77. The summed E-state index contributed by atoms with van der Waals surface area (Å²) in [4.78, 5) is 31.1. The molecule has 2 amide bonds. The molecule has 8 nitrogen and oxygen atoms in total. The van der Waals surface area contributed by atoms with Crippen molar-refractivity contribution in [1.82, 2.24) is 10.3 Å². The molecular formula is C24H26N4O4S2. The van der Waals surface area contributed by atoms with Crippen LogP contribution in [-0.4, -0.2) is 31.8 Å². The van der Waals surface area contributed by atoms with Gasteiger partial charge in [-0.2, -0.15) is 0 Å². The van der Waals surface area contributed by atoms with Gasteiger partial charge in [0, 0.05) is 17.0 Å². The van der Waals surface area contributed by atoms with Gasteiger partial charge in [-0.1, -0.05) is 29.8 Å². The molecule has 0 saturated heterocycles. The highest BCUT2D eigenvalue weighted by Gasteiger charge is 2.30. The maximum atomic E-state index is 12.9. The number of rotatable bonds is 7. The van der Waals surface area contributed by atoms with E-state index in [1.54, 1.807) is 24.3 Å². The van der Waals surface area contributed by atoms with Crippen molar-refractivity contribution < 1.29 is 18.0 Å².